The van der Waals surface area contributed by atoms with Crippen molar-refractivity contribution in [2.75, 3.05) is 32.5 Å². The molecule has 0 aliphatic carbocycles. The van der Waals surface area contributed by atoms with Crippen molar-refractivity contribution in [3.63, 3.8) is 0 Å². The standard InChI is InChI=1S/C23H30ClFN2O5S/c1-23(28,16-31-22-13-19(25)7-8-21(22)32-33(2,29)30)15-26-20-9-11-27(12-10-20)14-17-3-5-18(24)6-4-17/h3-8,13,20,26,28H,9-12,14-16H2,1-2H3/t23-/m0/s1. The lowest BCUT2D eigenvalue weighted by Crippen LogP contribution is -2.49. The first-order valence-corrected chi connectivity index (χ1v) is 12.9. The molecule has 1 saturated heterocycles. The molecule has 0 spiro atoms. The van der Waals surface area contributed by atoms with Gasteiger partial charge in [0.05, 0.1) is 6.26 Å². The molecule has 1 aliphatic rings. The van der Waals surface area contributed by atoms with E-state index >= 15 is 0 Å². The minimum absolute atomic E-state index is 0.0868. The number of hydrogen-bond acceptors (Lipinski definition) is 7. The van der Waals surface area contributed by atoms with Crippen LogP contribution in [0.1, 0.15) is 25.3 Å². The number of halogens is 2. The fourth-order valence-electron chi connectivity index (χ4n) is 3.62. The second-order valence-corrected chi connectivity index (χ2v) is 10.7. The Kier molecular flexibility index (Phi) is 8.58. The van der Waals surface area contributed by atoms with Gasteiger partial charge in [-0.1, -0.05) is 23.7 Å². The van der Waals surface area contributed by atoms with Gasteiger partial charge in [-0.3, -0.25) is 4.90 Å². The van der Waals surface area contributed by atoms with Crippen LogP contribution in [0.3, 0.4) is 0 Å². The lowest BCUT2D eigenvalue weighted by Gasteiger charge is -2.34. The zero-order chi connectivity index (χ0) is 24.1. The van der Waals surface area contributed by atoms with E-state index in [-0.39, 0.29) is 30.7 Å². The number of nitrogens with zero attached hydrogens (tertiary/aromatic N) is 1. The molecule has 1 fully saturated rings. The van der Waals surface area contributed by atoms with Crippen molar-refractivity contribution in [1.82, 2.24) is 10.2 Å². The molecule has 0 aromatic heterocycles. The molecule has 3 rings (SSSR count). The fourth-order valence-corrected chi connectivity index (χ4v) is 4.21. The van der Waals surface area contributed by atoms with Gasteiger partial charge in [0.2, 0.25) is 0 Å². The van der Waals surface area contributed by atoms with Crippen LogP contribution in [0.4, 0.5) is 4.39 Å². The summed E-state index contributed by atoms with van der Waals surface area (Å²) in [6.45, 7) is 4.46. The molecule has 10 heteroatoms. The fraction of sp³-hybridized carbons (Fsp3) is 0.478. The topological polar surface area (TPSA) is 88.1 Å². The number of ether oxygens (including phenoxy) is 1. The number of piperidine rings is 1. The summed E-state index contributed by atoms with van der Waals surface area (Å²) >= 11 is 5.94. The Morgan fingerprint density at radius 3 is 2.48 bits per heavy atom. The third-order valence-electron chi connectivity index (χ3n) is 5.36. The predicted octanol–water partition coefficient (Wildman–Crippen LogP) is 3.20. The average molecular weight is 501 g/mol. The summed E-state index contributed by atoms with van der Waals surface area (Å²) in [4.78, 5) is 2.38. The van der Waals surface area contributed by atoms with E-state index in [1.54, 1.807) is 6.92 Å². The summed E-state index contributed by atoms with van der Waals surface area (Å²) in [5, 5.41) is 14.8. The highest BCUT2D eigenvalue weighted by atomic mass is 35.5. The first-order valence-electron chi connectivity index (χ1n) is 10.7. The maximum absolute atomic E-state index is 13.6. The van der Waals surface area contributed by atoms with Crippen molar-refractivity contribution in [1.29, 1.82) is 0 Å². The minimum atomic E-state index is -3.80. The normalized spacial score (nSPS) is 17.5. The third-order valence-corrected chi connectivity index (χ3v) is 6.10. The molecule has 2 aromatic rings. The molecule has 2 N–H and O–H groups in total. The number of likely N-dealkylation sites (tertiary alicyclic amines) is 1. The van der Waals surface area contributed by atoms with Crippen LogP contribution in [-0.4, -0.2) is 62.6 Å². The number of rotatable bonds is 10. The number of benzene rings is 2. The number of hydrogen-bond donors (Lipinski definition) is 2. The molecular weight excluding hydrogens is 471 g/mol. The lowest BCUT2D eigenvalue weighted by molar-refractivity contribution is 0.00766. The highest BCUT2D eigenvalue weighted by Gasteiger charge is 2.26. The third kappa shape index (κ3) is 8.75. The Bertz CT molecular complexity index is 1030. The first kappa shape index (κ1) is 25.7. The Labute approximate surface area is 199 Å². The highest BCUT2D eigenvalue weighted by molar-refractivity contribution is 7.86. The number of aliphatic hydroxyl groups is 1. The van der Waals surface area contributed by atoms with E-state index in [0.29, 0.717) is 0 Å². The highest BCUT2D eigenvalue weighted by Crippen LogP contribution is 2.29. The largest absolute Gasteiger partial charge is 0.486 e. The van der Waals surface area contributed by atoms with Crippen LogP contribution < -0.4 is 14.2 Å². The Hall–Kier alpha value is -1.91. The lowest BCUT2D eigenvalue weighted by atomic mass is 10.0. The Morgan fingerprint density at radius 2 is 1.85 bits per heavy atom. The van der Waals surface area contributed by atoms with Crippen LogP contribution in [0, 0.1) is 5.82 Å². The second kappa shape index (κ2) is 11.0. The Morgan fingerprint density at radius 1 is 1.18 bits per heavy atom. The van der Waals surface area contributed by atoms with Gasteiger partial charge >= 0.3 is 10.1 Å². The quantitative estimate of drug-likeness (QED) is 0.484. The van der Waals surface area contributed by atoms with E-state index in [2.05, 4.69) is 10.2 Å². The average Bonchev–Trinajstić information content (AvgIpc) is 2.74. The van der Waals surface area contributed by atoms with E-state index in [1.165, 1.54) is 11.6 Å². The van der Waals surface area contributed by atoms with Crippen molar-refractivity contribution in [2.45, 2.75) is 38.0 Å². The summed E-state index contributed by atoms with van der Waals surface area (Å²) in [5.74, 6) is -0.819. The zero-order valence-corrected chi connectivity index (χ0v) is 20.3. The van der Waals surface area contributed by atoms with Gasteiger partial charge in [0.25, 0.3) is 0 Å². The molecule has 2 aromatic carbocycles. The molecule has 0 saturated carbocycles. The van der Waals surface area contributed by atoms with E-state index in [1.807, 2.05) is 24.3 Å². The zero-order valence-electron chi connectivity index (χ0n) is 18.8. The van der Waals surface area contributed by atoms with E-state index < -0.39 is 21.5 Å². The first-order chi connectivity index (χ1) is 15.5. The molecule has 33 heavy (non-hydrogen) atoms. The van der Waals surface area contributed by atoms with Crippen LogP contribution in [-0.2, 0) is 16.7 Å². The maximum atomic E-state index is 13.6. The molecular formula is C23H30ClFN2O5S. The van der Waals surface area contributed by atoms with Gasteiger partial charge < -0.3 is 19.3 Å². The molecule has 1 atom stereocenters. The molecule has 7 nitrogen and oxygen atoms in total. The van der Waals surface area contributed by atoms with Gasteiger partial charge in [-0.2, -0.15) is 8.42 Å². The van der Waals surface area contributed by atoms with Crippen molar-refractivity contribution in [3.8, 4) is 11.5 Å². The summed E-state index contributed by atoms with van der Waals surface area (Å²) in [7, 11) is -3.80. The Balaban J connectivity index is 1.45. The molecule has 0 amide bonds. The van der Waals surface area contributed by atoms with Crippen LogP contribution >= 0.6 is 11.6 Å². The summed E-state index contributed by atoms with van der Waals surface area (Å²) in [6.07, 6.45) is 2.78. The van der Waals surface area contributed by atoms with E-state index in [0.717, 1.165) is 55.9 Å². The molecule has 182 valence electrons. The van der Waals surface area contributed by atoms with Crippen molar-refractivity contribution in [2.24, 2.45) is 0 Å². The van der Waals surface area contributed by atoms with Crippen molar-refractivity contribution in [3.05, 3.63) is 58.9 Å². The number of nitrogens with one attached hydrogen (secondary N) is 1. The molecule has 0 bridgehead atoms. The van der Waals surface area contributed by atoms with Gasteiger partial charge in [0.1, 0.15) is 18.0 Å². The van der Waals surface area contributed by atoms with Crippen LogP contribution in [0.5, 0.6) is 11.5 Å². The van der Waals surface area contributed by atoms with Crippen LogP contribution in [0.2, 0.25) is 5.02 Å². The van der Waals surface area contributed by atoms with Crippen molar-refractivity contribution < 1.29 is 26.8 Å². The summed E-state index contributed by atoms with van der Waals surface area (Å²) in [6, 6.07) is 11.4. The van der Waals surface area contributed by atoms with Crippen LogP contribution in [0.15, 0.2) is 42.5 Å². The molecule has 0 radical (unpaired) electrons. The van der Waals surface area contributed by atoms with Gasteiger partial charge in [-0.15, -0.1) is 0 Å². The molecule has 0 unspecified atom stereocenters. The summed E-state index contributed by atoms with van der Waals surface area (Å²) in [5.41, 5.74) is -0.0303. The van der Waals surface area contributed by atoms with E-state index in [9.17, 15) is 17.9 Å². The van der Waals surface area contributed by atoms with Gasteiger partial charge in [-0.25, -0.2) is 4.39 Å². The molecule has 1 aliphatic heterocycles. The van der Waals surface area contributed by atoms with E-state index in [4.69, 9.17) is 20.5 Å². The van der Waals surface area contributed by atoms with Gasteiger partial charge in [-0.05, 0) is 62.7 Å². The smallest absolute Gasteiger partial charge is 0.306 e. The van der Waals surface area contributed by atoms with Crippen molar-refractivity contribution >= 4 is 21.7 Å². The predicted molar refractivity (Wildman–Crippen MR) is 126 cm³/mol. The molecule has 1 heterocycles. The van der Waals surface area contributed by atoms with Gasteiger partial charge in [0, 0.05) is 30.2 Å². The van der Waals surface area contributed by atoms with Crippen LogP contribution in [0.25, 0.3) is 0 Å². The second-order valence-electron chi connectivity index (χ2n) is 8.72. The maximum Gasteiger partial charge on any atom is 0.306 e. The van der Waals surface area contributed by atoms with Gasteiger partial charge in [0.15, 0.2) is 11.5 Å². The SMILES string of the molecule is C[C@](O)(CNC1CCN(Cc2ccc(Cl)cc2)CC1)COc1cc(F)ccc1OS(C)(=O)=O. The minimum Gasteiger partial charge on any atom is -0.486 e. The monoisotopic (exact) mass is 500 g/mol. The summed E-state index contributed by atoms with van der Waals surface area (Å²) < 4.78 is 46.8.